The van der Waals surface area contributed by atoms with E-state index in [9.17, 15) is 14.4 Å². The molecule has 5 aliphatic rings. The van der Waals surface area contributed by atoms with E-state index in [1.54, 1.807) is 0 Å². The highest BCUT2D eigenvalue weighted by atomic mass is 16.5. The van der Waals surface area contributed by atoms with Gasteiger partial charge in [-0.1, -0.05) is 90.4 Å². The summed E-state index contributed by atoms with van der Waals surface area (Å²) in [6.07, 6.45) is 12.7. The Morgan fingerprint density at radius 2 is 1.60 bits per heavy atom. The maximum Gasteiger partial charge on any atom is 0.328 e. The first-order valence-corrected chi connectivity index (χ1v) is 17.7. The number of hydrogen-bond donors (Lipinski definition) is 1. The minimum atomic E-state index is -0.710. The minimum Gasteiger partial charge on any atom is -0.467 e. The molecule has 1 aromatic carbocycles. The summed E-state index contributed by atoms with van der Waals surface area (Å²) in [5, 5.41) is 3.26. The molecule has 4 fully saturated rings. The van der Waals surface area contributed by atoms with Crippen molar-refractivity contribution in [2.24, 2.45) is 50.2 Å². The predicted octanol–water partition coefficient (Wildman–Crippen LogP) is 8.26. The summed E-state index contributed by atoms with van der Waals surface area (Å²) in [5.41, 5.74) is 2.14. The van der Waals surface area contributed by atoms with Crippen molar-refractivity contribution < 1.29 is 19.1 Å². The van der Waals surface area contributed by atoms with E-state index in [1.165, 1.54) is 12.7 Å². The van der Waals surface area contributed by atoms with Gasteiger partial charge in [0.25, 0.3) is 0 Å². The average molecular weight is 616 g/mol. The van der Waals surface area contributed by atoms with Gasteiger partial charge in [-0.3, -0.25) is 9.59 Å². The van der Waals surface area contributed by atoms with Crippen molar-refractivity contribution in [2.75, 3.05) is 7.11 Å². The molecule has 0 heterocycles. The molecular weight excluding hydrogens is 558 g/mol. The summed E-state index contributed by atoms with van der Waals surface area (Å²) in [7, 11) is 1.41. The molecule has 246 valence electrons. The second-order valence-electron chi connectivity index (χ2n) is 17.8. The van der Waals surface area contributed by atoms with Crippen LogP contribution in [0.3, 0.4) is 0 Å². The molecule has 0 bridgehead atoms. The Morgan fingerprint density at radius 1 is 0.911 bits per heavy atom. The number of allylic oxidation sites excluding steroid dienone is 2. The average Bonchev–Trinajstić information content (AvgIpc) is 2.99. The number of rotatable bonds is 5. The zero-order chi connectivity index (χ0) is 32.6. The number of Topliss-reactive ketones (excluding diaryl/α,β-unsaturated/α-hetero) is 1. The second-order valence-corrected chi connectivity index (χ2v) is 17.8. The molecule has 1 amide bonds. The standard InChI is InChI=1S/C40H57NO4/c1-35(2)20-22-40(34(44)41-29(33(43)45-8)24-26-12-10-9-11-13-26)23-21-38(6)27(28(40)25-35)14-15-31-37(5)18-17-32(42)36(3,4)30(37)16-19-39(31,38)7/h9-14,28-31H,15-25H2,1-8H3,(H,41,44)/t28-,29-,30-,31+,37-,38+,39+,40-/m0/s1. The van der Waals surface area contributed by atoms with Crippen molar-refractivity contribution in [3.63, 3.8) is 0 Å². The fourth-order valence-corrected chi connectivity index (χ4v) is 11.9. The Kier molecular flexibility index (Phi) is 7.81. The smallest absolute Gasteiger partial charge is 0.328 e. The molecule has 4 saturated carbocycles. The lowest BCUT2D eigenvalue weighted by molar-refractivity contribution is -0.186. The number of carbonyl (C=O) groups is 3. The normalized spacial score (nSPS) is 40.4. The predicted molar refractivity (Wildman–Crippen MR) is 178 cm³/mol. The molecule has 8 atom stereocenters. The molecule has 0 unspecified atom stereocenters. The molecule has 1 aromatic rings. The summed E-state index contributed by atoms with van der Waals surface area (Å²) in [6, 6.07) is 9.19. The van der Waals surface area contributed by atoms with Crippen molar-refractivity contribution in [3.05, 3.63) is 47.5 Å². The van der Waals surface area contributed by atoms with Crippen LogP contribution in [0.1, 0.15) is 118 Å². The van der Waals surface area contributed by atoms with Gasteiger partial charge >= 0.3 is 5.97 Å². The number of amides is 1. The van der Waals surface area contributed by atoms with E-state index in [2.05, 4.69) is 59.9 Å². The van der Waals surface area contributed by atoms with Crippen molar-refractivity contribution in [3.8, 4) is 0 Å². The van der Waals surface area contributed by atoms with Crippen LogP contribution in [-0.4, -0.2) is 30.8 Å². The van der Waals surface area contributed by atoms with Gasteiger partial charge in [-0.2, -0.15) is 0 Å². The molecule has 0 aromatic heterocycles. The van der Waals surface area contributed by atoms with Gasteiger partial charge in [-0.05, 0) is 103 Å². The Hall–Kier alpha value is -2.43. The number of methoxy groups -OCH3 is 1. The molecule has 0 radical (unpaired) electrons. The fourth-order valence-electron chi connectivity index (χ4n) is 11.9. The first kappa shape index (κ1) is 32.5. The molecule has 5 nitrogen and oxygen atoms in total. The largest absolute Gasteiger partial charge is 0.467 e. The second kappa shape index (κ2) is 10.8. The Labute approximate surface area is 271 Å². The van der Waals surface area contributed by atoms with Crippen LogP contribution in [0.4, 0.5) is 0 Å². The van der Waals surface area contributed by atoms with Crippen LogP contribution >= 0.6 is 0 Å². The van der Waals surface area contributed by atoms with Gasteiger partial charge in [0.2, 0.25) is 5.91 Å². The van der Waals surface area contributed by atoms with Gasteiger partial charge < -0.3 is 10.1 Å². The number of nitrogens with one attached hydrogen (secondary N) is 1. The van der Waals surface area contributed by atoms with E-state index in [-0.39, 0.29) is 44.9 Å². The van der Waals surface area contributed by atoms with E-state index >= 15 is 0 Å². The first-order chi connectivity index (χ1) is 21.0. The summed E-state index contributed by atoms with van der Waals surface area (Å²) < 4.78 is 5.20. The maximum atomic E-state index is 14.7. The highest BCUT2D eigenvalue weighted by Gasteiger charge is 2.69. The molecule has 1 N–H and O–H groups in total. The summed E-state index contributed by atoms with van der Waals surface area (Å²) in [5.74, 6) is 1.20. The van der Waals surface area contributed by atoms with Crippen LogP contribution in [0.25, 0.3) is 0 Å². The fraction of sp³-hybridized carbons (Fsp3) is 0.725. The number of ketones is 1. The monoisotopic (exact) mass is 615 g/mol. The topological polar surface area (TPSA) is 72.5 Å². The maximum absolute atomic E-state index is 14.7. The third kappa shape index (κ3) is 4.79. The number of fused-ring (bicyclic) bond motifs is 7. The third-order valence-corrected chi connectivity index (χ3v) is 14.9. The molecular formula is C40H57NO4. The lowest BCUT2D eigenvalue weighted by Crippen LogP contribution is -2.65. The van der Waals surface area contributed by atoms with Crippen LogP contribution in [0.5, 0.6) is 0 Å². The van der Waals surface area contributed by atoms with E-state index in [4.69, 9.17) is 4.74 Å². The van der Waals surface area contributed by atoms with Crippen molar-refractivity contribution in [1.29, 1.82) is 0 Å². The number of benzene rings is 1. The molecule has 6 rings (SSSR count). The van der Waals surface area contributed by atoms with Crippen molar-refractivity contribution >= 4 is 17.7 Å². The SMILES string of the molecule is COC(=O)[C@H](Cc1ccccc1)NC(=O)[C@]12CCC(C)(C)C[C@H]1C1=CC[C@@H]3[C@@]4(C)CCC(=O)C(C)(C)[C@@H]4CC[C@@]3(C)[C@]1(C)CC2. The number of esters is 1. The number of hydrogen-bond acceptors (Lipinski definition) is 4. The zero-order valence-electron chi connectivity index (χ0n) is 29.2. The van der Waals surface area contributed by atoms with Crippen LogP contribution in [0.2, 0.25) is 0 Å². The molecule has 0 aliphatic heterocycles. The van der Waals surface area contributed by atoms with Gasteiger partial charge in [-0.15, -0.1) is 0 Å². The first-order valence-electron chi connectivity index (χ1n) is 17.7. The van der Waals surface area contributed by atoms with Crippen molar-refractivity contribution in [1.82, 2.24) is 5.32 Å². The Bertz CT molecular complexity index is 1390. The Balaban J connectivity index is 1.36. The summed E-state index contributed by atoms with van der Waals surface area (Å²) >= 11 is 0. The van der Waals surface area contributed by atoms with Crippen molar-refractivity contribution in [2.45, 2.75) is 125 Å². The van der Waals surface area contributed by atoms with Gasteiger partial charge in [-0.25, -0.2) is 4.79 Å². The number of ether oxygens (including phenoxy) is 1. The van der Waals surface area contributed by atoms with E-state index in [0.717, 1.165) is 63.4 Å². The van der Waals surface area contributed by atoms with Gasteiger partial charge in [0, 0.05) is 18.3 Å². The number of carbonyl (C=O) groups excluding carboxylic acids is 3. The third-order valence-electron chi connectivity index (χ3n) is 14.9. The summed E-state index contributed by atoms with van der Waals surface area (Å²) in [4.78, 5) is 40.8. The molecule has 45 heavy (non-hydrogen) atoms. The molecule has 0 spiro atoms. The highest BCUT2D eigenvalue weighted by molar-refractivity contribution is 5.89. The molecule has 0 saturated heterocycles. The van der Waals surface area contributed by atoms with E-state index in [0.29, 0.717) is 30.5 Å². The highest BCUT2D eigenvalue weighted by Crippen LogP contribution is 2.75. The lowest BCUT2D eigenvalue weighted by atomic mass is 9.33. The molecule has 5 aliphatic carbocycles. The van der Waals surface area contributed by atoms with Gasteiger partial charge in [0.05, 0.1) is 12.5 Å². The van der Waals surface area contributed by atoms with Crippen LogP contribution < -0.4 is 5.32 Å². The lowest BCUT2D eigenvalue weighted by Gasteiger charge is -2.70. The van der Waals surface area contributed by atoms with Gasteiger partial charge in [0.15, 0.2) is 0 Å². The molecule has 5 heteroatoms. The van der Waals surface area contributed by atoms with Crippen LogP contribution in [-0.2, 0) is 25.5 Å². The van der Waals surface area contributed by atoms with E-state index < -0.39 is 11.5 Å². The zero-order valence-corrected chi connectivity index (χ0v) is 29.2. The van der Waals surface area contributed by atoms with Crippen LogP contribution in [0.15, 0.2) is 42.0 Å². The van der Waals surface area contributed by atoms with Crippen LogP contribution in [0, 0.1) is 50.2 Å². The minimum absolute atomic E-state index is 0.00313. The van der Waals surface area contributed by atoms with E-state index in [1.807, 2.05) is 30.3 Å². The summed E-state index contributed by atoms with van der Waals surface area (Å²) in [6.45, 7) is 16.8. The van der Waals surface area contributed by atoms with Gasteiger partial charge in [0.1, 0.15) is 11.8 Å². The quantitative estimate of drug-likeness (QED) is 0.267. The Morgan fingerprint density at radius 3 is 2.29 bits per heavy atom.